The minimum Gasteiger partial charge on any atom is -0.310 e. The molecule has 1 heterocycles. The van der Waals surface area contributed by atoms with Crippen LogP contribution in [-0.4, -0.2) is 21.0 Å². The van der Waals surface area contributed by atoms with Gasteiger partial charge in [-0.25, -0.2) is 13.1 Å². The molecular weight excluding hydrogens is 292 g/mol. The molecule has 0 unspecified atom stereocenters. The van der Waals surface area contributed by atoms with Gasteiger partial charge in [0, 0.05) is 29.4 Å². The summed E-state index contributed by atoms with van der Waals surface area (Å²) in [6.45, 7) is 9.65. The molecule has 2 N–H and O–H groups in total. The molecule has 6 heteroatoms. The second kappa shape index (κ2) is 8.12. The van der Waals surface area contributed by atoms with Gasteiger partial charge in [0.05, 0.1) is 4.90 Å². The van der Waals surface area contributed by atoms with Gasteiger partial charge in [0.2, 0.25) is 10.0 Å². The quantitative estimate of drug-likeness (QED) is 0.688. The Bertz CT molecular complexity index is 493. The first kappa shape index (κ1) is 17.6. The van der Waals surface area contributed by atoms with E-state index in [1.54, 1.807) is 11.4 Å². The molecule has 1 aromatic heterocycles. The van der Waals surface area contributed by atoms with Gasteiger partial charge in [0.1, 0.15) is 0 Å². The number of rotatable bonds is 9. The van der Waals surface area contributed by atoms with Gasteiger partial charge in [-0.2, -0.15) is 0 Å². The van der Waals surface area contributed by atoms with Gasteiger partial charge in [0.25, 0.3) is 0 Å². The highest BCUT2D eigenvalue weighted by Crippen LogP contribution is 2.19. The van der Waals surface area contributed by atoms with Crippen LogP contribution in [-0.2, 0) is 16.6 Å². The Morgan fingerprint density at radius 1 is 1.25 bits per heavy atom. The topological polar surface area (TPSA) is 58.2 Å². The molecule has 0 aliphatic rings. The Kier molecular flexibility index (Phi) is 7.15. The molecule has 0 spiro atoms. The van der Waals surface area contributed by atoms with Gasteiger partial charge in [-0.1, -0.05) is 27.7 Å². The predicted octanol–water partition coefficient (Wildman–Crippen LogP) is 2.96. The third kappa shape index (κ3) is 6.35. The zero-order chi connectivity index (χ0) is 15.2. The molecule has 0 bridgehead atoms. The molecule has 0 atom stereocenters. The molecule has 20 heavy (non-hydrogen) atoms. The molecule has 0 saturated heterocycles. The summed E-state index contributed by atoms with van der Waals surface area (Å²) in [5.41, 5.74) is 0. The van der Waals surface area contributed by atoms with Crippen molar-refractivity contribution in [1.29, 1.82) is 0 Å². The van der Waals surface area contributed by atoms with E-state index in [1.165, 1.54) is 11.3 Å². The summed E-state index contributed by atoms with van der Waals surface area (Å²) >= 11 is 1.48. The molecule has 0 radical (unpaired) electrons. The number of sulfonamides is 1. The average Bonchev–Trinajstić information content (AvgIpc) is 2.81. The number of hydrogen-bond acceptors (Lipinski definition) is 4. The van der Waals surface area contributed by atoms with Crippen LogP contribution in [0, 0.1) is 5.92 Å². The van der Waals surface area contributed by atoms with E-state index in [9.17, 15) is 8.42 Å². The van der Waals surface area contributed by atoms with Crippen molar-refractivity contribution in [2.75, 3.05) is 6.54 Å². The maximum Gasteiger partial charge on any atom is 0.241 e. The third-order valence-electron chi connectivity index (χ3n) is 2.87. The minimum absolute atomic E-state index is 0.382. The predicted molar refractivity (Wildman–Crippen MR) is 85.6 cm³/mol. The summed E-state index contributed by atoms with van der Waals surface area (Å²) in [6, 6.07) is 2.15. The Balaban J connectivity index is 2.51. The van der Waals surface area contributed by atoms with Crippen LogP contribution >= 0.6 is 11.3 Å². The lowest BCUT2D eigenvalue weighted by molar-refractivity contribution is 0.540. The standard InChI is InChI=1S/C14H26N2O2S2/c1-11(2)6-5-7-16-20(17,18)14-8-13(19-10-14)9-15-12(3)4/h8,10-12,15-16H,5-7,9H2,1-4H3. The molecule has 0 aromatic carbocycles. The second-order valence-electron chi connectivity index (χ2n) is 5.72. The Morgan fingerprint density at radius 2 is 1.95 bits per heavy atom. The fraction of sp³-hybridized carbons (Fsp3) is 0.714. The first-order valence-electron chi connectivity index (χ1n) is 7.11. The van der Waals surface area contributed by atoms with Crippen molar-refractivity contribution in [2.24, 2.45) is 5.92 Å². The highest BCUT2D eigenvalue weighted by molar-refractivity contribution is 7.89. The molecule has 1 rings (SSSR count). The smallest absolute Gasteiger partial charge is 0.241 e. The molecule has 0 aliphatic heterocycles. The normalized spacial score (nSPS) is 12.5. The van der Waals surface area contributed by atoms with Crippen LogP contribution in [0.5, 0.6) is 0 Å². The van der Waals surface area contributed by atoms with Gasteiger partial charge in [-0.15, -0.1) is 11.3 Å². The minimum atomic E-state index is -3.34. The van der Waals surface area contributed by atoms with Crippen molar-refractivity contribution in [3.05, 3.63) is 16.3 Å². The van der Waals surface area contributed by atoms with Crippen LogP contribution in [0.4, 0.5) is 0 Å². The lowest BCUT2D eigenvalue weighted by Gasteiger charge is -2.07. The van der Waals surface area contributed by atoms with Crippen molar-refractivity contribution >= 4 is 21.4 Å². The molecule has 0 saturated carbocycles. The monoisotopic (exact) mass is 318 g/mol. The Hall–Kier alpha value is -0.430. The van der Waals surface area contributed by atoms with E-state index in [-0.39, 0.29) is 0 Å². The maximum atomic E-state index is 12.1. The van der Waals surface area contributed by atoms with Gasteiger partial charge in [-0.05, 0) is 24.8 Å². The molecule has 0 aliphatic carbocycles. The first-order chi connectivity index (χ1) is 9.31. The highest BCUT2D eigenvalue weighted by Gasteiger charge is 2.15. The fourth-order valence-corrected chi connectivity index (χ4v) is 4.00. The zero-order valence-electron chi connectivity index (χ0n) is 12.8. The Morgan fingerprint density at radius 3 is 2.55 bits per heavy atom. The van der Waals surface area contributed by atoms with Crippen molar-refractivity contribution < 1.29 is 8.42 Å². The molecule has 1 aromatic rings. The van der Waals surface area contributed by atoms with Crippen LogP contribution in [0.15, 0.2) is 16.3 Å². The average molecular weight is 319 g/mol. The van der Waals surface area contributed by atoms with Gasteiger partial charge in [0.15, 0.2) is 0 Å². The summed E-state index contributed by atoms with van der Waals surface area (Å²) in [7, 11) is -3.34. The number of hydrogen-bond donors (Lipinski definition) is 2. The second-order valence-corrected chi connectivity index (χ2v) is 8.48. The third-order valence-corrected chi connectivity index (χ3v) is 5.40. The van der Waals surface area contributed by atoms with Crippen molar-refractivity contribution in [2.45, 2.75) is 58.0 Å². The molecule has 0 amide bonds. The molecular formula is C14H26N2O2S2. The van der Waals surface area contributed by atoms with Crippen LogP contribution in [0.3, 0.4) is 0 Å². The van der Waals surface area contributed by atoms with E-state index in [2.05, 4.69) is 37.7 Å². The summed E-state index contributed by atoms with van der Waals surface area (Å²) in [4.78, 5) is 1.42. The van der Waals surface area contributed by atoms with E-state index in [0.717, 1.165) is 17.7 Å². The molecule has 4 nitrogen and oxygen atoms in total. The lowest BCUT2D eigenvalue weighted by Crippen LogP contribution is -2.24. The van der Waals surface area contributed by atoms with Gasteiger partial charge in [-0.3, -0.25) is 0 Å². The van der Waals surface area contributed by atoms with Crippen LogP contribution in [0.1, 0.15) is 45.4 Å². The fourth-order valence-electron chi connectivity index (χ4n) is 1.70. The SMILES string of the molecule is CC(C)CCCNS(=O)(=O)c1csc(CNC(C)C)c1. The van der Waals surface area contributed by atoms with Crippen molar-refractivity contribution in [3.8, 4) is 0 Å². The number of nitrogens with one attached hydrogen (secondary N) is 2. The van der Waals surface area contributed by atoms with Crippen LogP contribution in [0.2, 0.25) is 0 Å². The van der Waals surface area contributed by atoms with E-state index in [1.807, 2.05) is 0 Å². The summed E-state index contributed by atoms with van der Waals surface area (Å²) < 4.78 is 26.9. The zero-order valence-corrected chi connectivity index (χ0v) is 14.4. The highest BCUT2D eigenvalue weighted by atomic mass is 32.2. The van der Waals surface area contributed by atoms with E-state index in [0.29, 0.717) is 29.9 Å². The largest absolute Gasteiger partial charge is 0.310 e. The molecule has 116 valence electrons. The van der Waals surface area contributed by atoms with Crippen molar-refractivity contribution in [3.63, 3.8) is 0 Å². The van der Waals surface area contributed by atoms with E-state index < -0.39 is 10.0 Å². The van der Waals surface area contributed by atoms with Gasteiger partial charge < -0.3 is 5.32 Å². The van der Waals surface area contributed by atoms with E-state index >= 15 is 0 Å². The lowest BCUT2D eigenvalue weighted by atomic mass is 10.1. The summed E-state index contributed by atoms with van der Waals surface area (Å²) in [6.07, 6.45) is 1.92. The van der Waals surface area contributed by atoms with Crippen LogP contribution < -0.4 is 10.0 Å². The maximum absolute atomic E-state index is 12.1. The summed E-state index contributed by atoms with van der Waals surface area (Å²) in [5, 5.41) is 5.00. The van der Waals surface area contributed by atoms with Gasteiger partial charge >= 0.3 is 0 Å². The Labute approximate surface area is 127 Å². The molecule has 0 fully saturated rings. The van der Waals surface area contributed by atoms with E-state index in [4.69, 9.17) is 0 Å². The van der Waals surface area contributed by atoms with Crippen molar-refractivity contribution in [1.82, 2.24) is 10.0 Å². The number of thiophene rings is 1. The summed E-state index contributed by atoms with van der Waals surface area (Å²) in [5.74, 6) is 0.606. The van der Waals surface area contributed by atoms with Crippen LogP contribution in [0.25, 0.3) is 0 Å². The first-order valence-corrected chi connectivity index (χ1v) is 9.48.